The van der Waals surface area contributed by atoms with Crippen molar-refractivity contribution in [3.05, 3.63) is 64.8 Å². The van der Waals surface area contributed by atoms with Gasteiger partial charge in [0.25, 0.3) is 0 Å². The lowest BCUT2D eigenvalue weighted by Crippen LogP contribution is -2.07. The Morgan fingerprint density at radius 1 is 1.10 bits per heavy atom. The lowest BCUT2D eigenvalue weighted by Gasteiger charge is -2.09. The SMILES string of the molecule is Cc1cccc2c1ccn2CCOc1cccc(Br)c1. The van der Waals surface area contributed by atoms with E-state index in [9.17, 15) is 0 Å². The molecule has 0 aliphatic carbocycles. The van der Waals surface area contributed by atoms with E-state index in [1.807, 2.05) is 24.3 Å². The normalized spacial score (nSPS) is 10.9. The van der Waals surface area contributed by atoms with Gasteiger partial charge in [0.1, 0.15) is 12.4 Å². The number of fused-ring (bicyclic) bond motifs is 1. The van der Waals surface area contributed by atoms with E-state index in [1.54, 1.807) is 0 Å². The largest absolute Gasteiger partial charge is 0.492 e. The quantitative estimate of drug-likeness (QED) is 0.671. The molecule has 1 heterocycles. The molecule has 0 amide bonds. The first kappa shape index (κ1) is 13.3. The zero-order valence-corrected chi connectivity index (χ0v) is 12.9. The third-order valence-corrected chi connectivity index (χ3v) is 3.92. The van der Waals surface area contributed by atoms with Crippen LogP contribution in [0.2, 0.25) is 0 Å². The van der Waals surface area contributed by atoms with Crippen LogP contribution >= 0.6 is 15.9 Å². The number of ether oxygens (including phenoxy) is 1. The third kappa shape index (κ3) is 2.73. The highest BCUT2D eigenvalue weighted by atomic mass is 79.9. The molecule has 3 aromatic rings. The Labute approximate surface area is 127 Å². The number of benzene rings is 2. The maximum atomic E-state index is 5.79. The fraction of sp³-hybridized carbons (Fsp3) is 0.176. The summed E-state index contributed by atoms with van der Waals surface area (Å²) < 4.78 is 9.06. The van der Waals surface area contributed by atoms with Crippen molar-refractivity contribution >= 4 is 26.8 Å². The average Bonchev–Trinajstić information content (AvgIpc) is 2.84. The molecular weight excluding hydrogens is 314 g/mol. The van der Waals surface area contributed by atoms with E-state index < -0.39 is 0 Å². The zero-order chi connectivity index (χ0) is 13.9. The van der Waals surface area contributed by atoms with E-state index in [0.29, 0.717) is 6.61 Å². The lowest BCUT2D eigenvalue weighted by atomic mass is 10.1. The van der Waals surface area contributed by atoms with Gasteiger partial charge in [0.15, 0.2) is 0 Å². The highest BCUT2D eigenvalue weighted by Crippen LogP contribution is 2.20. The van der Waals surface area contributed by atoms with E-state index in [-0.39, 0.29) is 0 Å². The molecule has 2 aromatic carbocycles. The molecule has 102 valence electrons. The van der Waals surface area contributed by atoms with E-state index in [2.05, 4.69) is 57.9 Å². The van der Waals surface area contributed by atoms with Crippen LogP contribution in [0.1, 0.15) is 5.56 Å². The second-order valence-corrected chi connectivity index (χ2v) is 5.74. The smallest absolute Gasteiger partial charge is 0.120 e. The molecule has 0 saturated heterocycles. The molecule has 0 fully saturated rings. The number of aryl methyl sites for hydroxylation is 1. The Morgan fingerprint density at radius 3 is 2.80 bits per heavy atom. The molecule has 0 aliphatic rings. The minimum atomic E-state index is 0.661. The minimum Gasteiger partial charge on any atom is -0.492 e. The van der Waals surface area contributed by atoms with E-state index >= 15 is 0 Å². The van der Waals surface area contributed by atoms with Crippen LogP contribution < -0.4 is 4.74 Å². The molecule has 0 saturated carbocycles. The second-order valence-electron chi connectivity index (χ2n) is 4.82. The zero-order valence-electron chi connectivity index (χ0n) is 11.3. The first-order valence-corrected chi connectivity index (χ1v) is 7.46. The van der Waals surface area contributed by atoms with Crippen molar-refractivity contribution in [1.29, 1.82) is 0 Å². The molecular formula is C17H16BrNO. The van der Waals surface area contributed by atoms with Gasteiger partial charge >= 0.3 is 0 Å². The van der Waals surface area contributed by atoms with Gasteiger partial charge in [0.2, 0.25) is 0 Å². The fourth-order valence-corrected chi connectivity index (χ4v) is 2.77. The third-order valence-electron chi connectivity index (χ3n) is 3.43. The molecule has 0 unspecified atom stereocenters. The van der Waals surface area contributed by atoms with Crippen molar-refractivity contribution in [2.75, 3.05) is 6.61 Å². The van der Waals surface area contributed by atoms with Crippen LogP contribution in [0.4, 0.5) is 0 Å². The molecule has 3 rings (SSSR count). The molecule has 0 bridgehead atoms. The Kier molecular flexibility index (Phi) is 3.79. The maximum Gasteiger partial charge on any atom is 0.120 e. The fourth-order valence-electron chi connectivity index (χ4n) is 2.39. The second kappa shape index (κ2) is 5.71. The van der Waals surface area contributed by atoms with Crippen molar-refractivity contribution in [2.24, 2.45) is 0 Å². The Hall–Kier alpha value is -1.74. The van der Waals surface area contributed by atoms with E-state index in [0.717, 1.165) is 16.8 Å². The van der Waals surface area contributed by atoms with E-state index in [1.165, 1.54) is 16.5 Å². The van der Waals surface area contributed by atoms with Crippen LogP contribution in [0.25, 0.3) is 10.9 Å². The van der Waals surface area contributed by atoms with Gasteiger partial charge in [0.05, 0.1) is 6.54 Å². The summed E-state index contributed by atoms with van der Waals surface area (Å²) in [7, 11) is 0. The van der Waals surface area contributed by atoms with Crippen LogP contribution in [-0.2, 0) is 6.54 Å². The Morgan fingerprint density at radius 2 is 1.95 bits per heavy atom. The van der Waals surface area contributed by atoms with Gasteiger partial charge in [-0.1, -0.05) is 34.1 Å². The highest BCUT2D eigenvalue weighted by molar-refractivity contribution is 9.10. The first-order chi connectivity index (χ1) is 9.74. The van der Waals surface area contributed by atoms with Gasteiger partial charge in [-0.2, -0.15) is 0 Å². The summed E-state index contributed by atoms with van der Waals surface area (Å²) in [5, 5.41) is 1.31. The summed E-state index contributed by atoms with van der Waals surface area (Å²) in [5.41, 5.74) is 2.58. The standard InChI is InChI=1S/C17H16BrNO/c1-13-4-2-7-17-16(13)8-9-19(17)10-11-20-15-6-3-5-14(18)12-15/h2-9,12H,10-11H2,1H3. The topological polar surface area (TPSA) is 14.2 Å². The summed E-state index contributed by atoms with van der Waals surface area (Å²) in [6.07, 6.45) is 2.13. The lowest BCUT2D eigenvalue weighted by molar-refractivity contribution is 0.300. The molecule has 0 atom stereocenters. The molecule has 0 spiro atoms. The molecule has 0 radical (unpaired) electrons. The van der Waals surface area contributed by atoms with Crippen LogP contribution in [0.15, 0.2) is 59.2 Å². The van der Waals surface area contributed by atoms with Crippen molar-refractivity contribution in [1.82, 2.24) is 4.57 Å². The van der Waals surface area contributed by atoms with Crippen molar-refractivity contribution in [3.63, 3.8) is 0 Å². The number of nitrogens with zero attached hydrogens (tertiary/aromatic N) is 1. The van der Waals surface area contributed by atoms with Crippen molar-refractivity contribution in [2.45, 2.75) is 13.5 Å². The first-order valence-electron chi connectivity index (χ1n) is 6.67. The van der Waals surface area contributed by atoms with Gasteiger partial charge < -0.3 is 9.30 Å². The number of hydrogen-bond donors (Lipinski definition) is 0. The van der Waals surface area contributed by atoms with Crippen molar-refractivity contribution in [3.8, 4) is 5.75 Å². The van der Waals surface area contributed by atoms with Crippen LogP contribution in [0.5, 0.6) is 5.75 Å². The van der Waals surface area contributed by atoms with Crippen molar-refractivity contribution < 1.29 is 4.74 Å². The molecule has 1 aromatic heterocycles. The highest BCUT2D eigenvalue weighted by Gasteiger charge is 2.03. The van der Waals surface area contributed by atoms with Gasteiger partial charge in [-0.25, -0.2) is 0 Å². The average molecular weight is 330 g/mol. The van der Waals surface area contributed by atoms with Crippen LogP contribution in [0.3, 0.4) is 0 Å². The van der Waals surface area contributed by atoms with Crippen LogP contribution in [0, 0.1) is 6.92 Å². The Bertz CT molecular complexity index is 733. The molecule has 2 nitrogen and oxygen atoms in total. The molecule has 0 aliphatic heterocycles. The predicted molar refractivity (Wildman–Crippen MR) is 86.3 cm³/mol. The number of aromatic nitrogens is 1. The molecule has 3 heteroatoms. The summed E-state index contributed by atoms with van der Waals surface area (Å²) in [6.45, 7) is 3.65. The monoisotopic (exact) mass is 329 g/mol. The molecule has 0 N–H and O–H groups in total. The van der Waals surface area contributed by atoms with Gasteiger partial charge in [-0.3, -0.25) is 0 Å². The van der Waals surface area contributed by atoms with E-state index in [4.69, 9.17) is 4.74 Å². The Balaban J connectivity index is 1.70. The summed E-state index contributed by atoms with van der Waals surface area (Å²) in [5.74, 6) is 0.895. The number of halogens is 1. The summed E-state index contributed by atoms with van der Waals surface area (Å²) in [6, 6.07) is 16.5. The molecule has 20 heavy (non-hydrogen) atoms. The van der Waals surface area contributed by atoms with Gasteiger partial charge in [-0.05, 0) is 42.8 Å². The summed E-state index contributed by atoms with van der Waals surface area (Å²) >= 11 is 3.45. The number of hydrogen-bond acceptors (Lipinski definition) is 1. The minimum absolute atomic E-state index is 0.661. The maximum absolute atomic E-state index is 5.79. The van der Waals surface area contributed by atoms with Gasteiger partial charge in [-0.15, -0.1) is 0 Å². The van der Waals surface area contributed by atoms with Crippen LogP contribution in [-0.4, -0.2) is 11.2 Å². The van der Waals surface area contributed by atoms with Gasteiger partial charge in [0, 0.05) is 21.6 Å². The summed E-state index contributed by atoms with van der Waals surface area (Å²) in [4.78, 5) is 0. The predicted octanol–water partition coefficient (Wildman–Crippen LogP) is 4.79. The number of rotatable bonds is 4.